The fourth-order valence-electron chi connectivity index (χ4n) is 2.67. The number of nitrogens with two attached hydrogens (primary N) is 1. The van der Waals surface area contributed by atoms with Crippen molar-refractivity contribution < 1.29 is 14.3 Å². The molecule has 0 bridgehead atoms. The highest BCUT2D eigenvalue weighted by Gasteiger charge is 2.26. The van der Waals surface area contributed by atoms with Gasteiger partial charge in [-0.05, 0) is 36.1 Å². The van der Waals surface area contributed by atoms with Gasteiger partial charge in [-0.15, -0.1) is 0 Å². The Morgan fingerprint density at radius 2 is 2.08 bits per heavy atom. The van der Waals surface area contributed by atoms with Crippen LogP contribution >= 0.6 is 15.9 Å². The maximum atomic E-state index is 12.2. The zero-order valence-corrected chi connectivity index (χ0v) is 17.6. The van der Waals surface area contributed by atoms with E-state index in [4.69, 9.17) is 15.2 Å². The fraction of sp³-hybridized carbons (Fsp3) is 0.381. The first-order chi connectivity index (χ1) is 12.2. The number of ketones is 1. The summed E-state index contributed by atoms with van der Waals surface area (Å²) in [6, 6.07) is 3.95. The molecular formula is C21H26BrNO3. The highest BCUT2D eigenvalue weighted by molar-refractivity contribution is 9.10. The number of ether oxygens (including phenoxy) is 2. The second-order valence-corrected chi connectivity index (χ2v) is 8.18. The van der Waals surface area contributed by atoms with Crippen LogP contribution in [0.4, 0.5) is 0 Å². The quantitative estimate of drug-likeness (QED) is 0.725. The predicted octanol–water partition coefficient (Wildman–Crippen LogP) is 5.22. The van der Waals surface area contributed by atoms with Crippen LogP contribution < -0.4 is 10.5 Å². The largest absolute Gasteiger partial charge is 0.496 e. The summed E-state index contributed by atoms with van der Waals surface area (Å²) in [5.74, 6) is 1.76. The van der Waals surface area contributed by atoms with Crippen molar-refractivity contribution in [3.63, 3.8) is 0 Å². The number of benzene rings is 1. The highest BCUT2D eigenvalue weighted by atomic mass is 79.9. The molecule has 2 rings (SSSR count). The number of allylic oxidation sites excluding steroid dienone is 5. The van der Waals surface area contributed by atoms with Crippen LogP contribution in [0.25, 0.3) is 5.76 Å². The number of carbonyl (C=O) groups is 1. The van der Waals surface area contributed by atoms with Crippen LogP contribution in [0, 0.1) is 0 Å². The van der Waals surface area contributed by atoms with E-state index in [0.29, 0.717) is 17.3 Å². The molecule has 26 heavy (non-hydrogen) atoms. The number of halogens is 1. The molecule has 1 aliphatic heterocycles. The average Bonchev–Trinajstić information content (AvgIpc) is 2.57. The van der Waals surface area contributed by atoms with Gasteiger partial charge in [0.25, 0.3) is 0 Å². The SMILES string of the molecule is CC/C(N)=C\C=C1/CC(=O)C=C(c2cc(Br)cc(C(C)(C)C)c2OC)O1. The predicted molar refractivity (Wildman–Crippen MR) is 109 cm³/mol. The van der Waals surface area contributed by atoms with Gasteiger partial charge in [-0.25, -0.2) is 0 Å². The first-order valence-corrected chi connectivity index (χ1v) is 9.41. The van der Waals surface area contributed by atoms with Gasteiger partial charge in [0.2, 0.25) is 0 Å². The molecule has 0 unspecified atom stereocenters. The Balaban J connectivity index is 2.53. The molecule has 1 aromatic rings. The molecule has 5 heteroatoms. The summed E-state index contributed by atoms with van der Waals surface area (Å²) < 4.78 is 12.6. The summed E-state index contributed by atoms with van der Waals surface area (Å²) in [4.78, 5) is 12.2. The highest BCUT2D eigenvalue weighted by Crippen LogP contribution is 2.41. The van der Waals surface area contributed by atoms with E-state index in [0.717, 1.165) is 27.7 Å². The van der Waals surface area contributed by atoms with Crippen molar-refractivity contribution in [3.05, 3.63) is 57.4 Å². The van der Waals surface area contributed by atoms with E-state index in [2.05, 4.69) is 36.7 Å². The molecule has 0 saturated heterocycles. The number of hydrogen-bond acceptors (Lipinski definition) is 4. The molecule has 0 saturated carbocycles. The molecular weight excluding hydrogens is 394 g/mol. The van der Waals surface area contributed by atoms with Crippen molar-refractivity contribution in [2.24, 2.45) is 5.73 Å². The van der Waals surface area contributed by atoms with Gasteiger partial charge in [0.05, 0.1) is 19.1 Å². The number of rotatable bonds is 4. The third-order valence-corrected chi connectivity index (χ3v) is 4.56. The van der Waals surface area contributed by atoms with Crippen molar-refractivity contribution in [2.45, 2.75) is 46.0 Å². The third kappa shape index (κ3) is 4.79. The average molecular weight is 420 g/mol. The Morgan fingerprint density at radius 3 is 2.65 bits per heavy atom. The normalized spacial score (nSPS) is 17.2. The lowest BCUT2D eigenvalue weighted by molar-refractivity contribution is -0.114. The molecule has 0 fully saturated rings. The van der Waals surface area contributed by atoms with Gasteiger partial charge in [0, 0.05) is 21.8 Å². The summed E-state index contributed by atoms with van der Waals surface area (Å²) in [5, 5.41) is 0. The minimum absolute atomic E-state index is 0.0136. The second-order valence-electron chi connectivity index (χ2n) is 7.27. The van der Waals surface area contributed by atoms with Crippen LogP contribution in [-0.4, -0.2) is 12.9 Å². The van der Waals surface area contributed by atoms with Gasteiger partial charge in [-0.1, -0.05) is 43.6 Å². The van der Waals surface area contributed by atoms with Crippen LogP contribution in [-0.2, 0) is 14.9 Å². The van der Waals surface area contributed by atoms with E-state index in [9.17, 15) is 4.79 Å². The Morgan fingerprint density at radius 1 is 1.38 bits per heavy atom. The lowest BCUT2D eigenvalue weighted by Crippen LogP contribution is -2.15. The fourth-order valence-corrected chi connectivity index (χ4v) is 3.13. The Kier molecular flexibility index (Phi) is 6.34. The Labute approximate surface area is 163 Å². The zero-order valence-electron chi connectivity index (χ0n) is 16.0. The van der Waals surface area contributed by atoms with Gasteiger partial charge in [-0.3, -0.25) is 4.79 Å². The van der Waals surface area contributed by atoms with Crippen LogP contribution in [0.3, 0.4) is 0 Å². The van der Waals surface area contributed by atoms with E-state index in [1.54, 1.807) is 19.3 Å². The standard InChI is InChI=1S/C21H26BrNO3/c1-6-14(23)7-8-16-11-15(24)12-19(26-16)17-9-13(22)10-18(20(17)25-5)21(2,3)4/h7-10,12H,6,11,23H2,1-5H3/b14-7+,16-8+. The maximum absolute atomic E-state index is 12.2. The minimum Gasteiger partial charge on any atom is -0.496 e. The van der Waals surface area contributed by atoms with Gasteiger partial charge in [0.1, 0.15) is 17.3 Å². The van der Waals surface area contributed by atoms with Crippen LogP contribution in [0.1, 0.15) is 51.7 Å². The molecule has 1 heterocycles. The number of methoxy groups -OCH3 is 1. The summed E-state index contributed by atoms with van der Waals surface area (Å²) in [6.07, 6.45) is 6.04. The molecule has 0 amide bonds. The molecule has 0 spiro atoms. The summed E-state index contributed by atoms with van der Waals surface area (Å²) in [6.45, 7) is 8.33. The van der Waals surface area contributed by atoms with Crippen molar-refractivity contribution in [1.29, 1.82) is 0 Å². The Hall–Kier alpha value is -2.01. The van der Waals surface area contributed by atoms with Crippen molar-refractivity contribution >= 4 is 27.5 Å². The van der Waals surface area contributed by atoms with Crippen LogP contribution in [0.5, 0.6) is 5.75 Å². The summed E-state index contributed by atoms with van der Waals surface area (Å²) in [7, 11) is 1.63. The molecule has 0 aliphatic carbocycles. The van der Waals surface area contributed by atoms with Crippen molar-refractivity contribution in [3.8, 4) is 5.75 Å². The van der Waals surface area contributed by atoms with Gasteiger partial charge in [-0.2, -0.15) is 0 Å². The zero-order chi connectivity index (χ0) is 19.5. The van der Waals surface area contributed by atoms with Crippen molar-refractivity contribution in [2.75, 3.05) is 7.11 Å². The molecule has 0 radical (unpaired) electrons. The molecule has 1 aromatic carbocycles. The topological polar surface area (TPSA) is 61.6 Å². The molecule has 140 valence electrons. The van der Waals surface area contributed by atoms with E-state index in [1.807, 2.05) is 19.1 Å². The molecule has 0 aromatic heterocycles. The maximum Gasteiger partial charge on any atom is 0.166 e. The van der Waals surface area contributed by atoms with Crippen LogP contribution in [0.15, 0.2) is 46.3 Å². The van der Waals surface area contributed by atoms with Gasteiger partial charge < -0.3 is 15.2 Å². The third-order valence-electron chi connectivity index (χ3n) is 4.10. The first-order valence-electron chi connectivity index (χ1n) is 8.61. The Bertz CT molecular complexity index is 798. The summed E-state index contributed by atoms with van der Waals surface area (Å²) >= 11 is 3.56. The second kappa shape index (κ2) is 8.12. The van der Waals surface area contributed by atoms with E-state index >= 15 is 0 Å². The first kappa shape index (κ1) is 20.3. The van der Waals surface area contributed by atoms with E-state index < -0.39 is 0 Å². The smallest absolute Gasteiger partial charge is 0.166 e. The van der Waals surface area contributed by atoms with E-state index in [1.165, 1.54) is 6.08 Å². The van der Waals surface area contributed by atoms with Gasteiger partial charge >= 0.3 is 0 Å². The van der Waals surface area contributed by atoms with E-state index in [-0.39, 0.29) is 17.6 Å². The molecule has 1 aliphatic rings. The minimum atomic E-state index is -0.125. The van der Waals surface area contributed by atoms with Crippen molar-refractivity contribution in [1.82, 2.24) is 0 Å². The molecule has 0 atom stereocenters. The number of hydrogen-bond donors (Lipinski definition) is 1. The van der Waals surface area contributed by atoms with Gasteiger partial charge in [0.15, 0.2) is 5.78 Å². The number of carbonyl (C=O) groups excluding carboxylic acids is 1. The van der Waals surface area contributed by atoms with Crippen LogP contribution in [0.2, 0.25) is 0 Å². The monoisotopic (exact) mass is 419 g/mol. The lowest BCUT2D eigenvalue weighted by Gasteiger charge is -2.26. The lowest BCUT2D eigenvalue weighted by atomic mass is 9.84. The molecule has 2 N–H and O–H groups in total. The summed E-state index contributed by atoms with van der Waals surface area (Å²) in [5.41, 5.74) is 8.23. The molecule has 4 nitrogen and oxygen atoms in total.